The Morgan fingerprint density at radius 3 is 2.40 bits per heavy atom. The lowest BCUT2D eigenvalue weighted by atomic mass is 10.1. The van der Waals surface area contributed by atoms with Crippen LogP contribution in [0.25, 0.3) is 21.8 Å². The van der Waals surface area contributed by atoms with Crippen LogP contribution in [0.2, 0.25) is 0 Å². The molecule has 6 aromatic rings. The number of alkyl halides is 3. The van der Waals surface area contributed by atoms with E-state index < -0.39 is 22.1 Å². The van der Waals surface area contributed by atoms with Crippen molar-refractivity contribution in [2.24, 2.45) is 0 Å². The van der Waals surface area contributed by atoms with E-state index >= 15 is 0 Å². The second-order valence-corrected chi connectivity index (χ2v) is 16.5. The van der Waals surface area contributed by atoms with Crippen molar-refractivity contribution in [1.82, 2.24) is 25.3 Å². The molecule has 0 radical (unpaired) electrons. The van der Waals surface area contributed by atoms with Crippen LogP contribution in [0.1, 0.15) is 24.0 Å². The first-order valence-electron chi connectivity index (χ1n) is 20.8. The molecule has 0 saturated carbocycles. The van der Waals surface area contributed by atoms with Gasteiger partial charge in [0.2, 0.25) is 21.8 Å². The maximum Gasteiger partial charge on any atom is 0.573 e. The van der Waals surface area contributed by atoms with Crippen molar-refractivity contribution in [3.63, 3.8) is 0 Å². The summed E-state index contributed by atoms with van der Waals surface area (Å²) in [5.41, 5.74) is 5.43. The highest BCUT2D eigenvalue weighted by molar-refractivity contribution is 7.89. The lowest BCUT2D eigenvalue weighted by Crippen LogP contribution is -2.29. The van der Waals surface area contributed by atoms with Gasteiger partial charge in [-0.1, -0.05) is 30.3 Å². The number of halogens is 3. The minimum Gasteiger partial charge on any atom is -0.499 e. The minimum absolute atomic E-state index is 0.0455. The summed E-state index contributed by atoms with van der Waals surface area (Å²) in [5.74, 6) is 0.216. The van der Waals surface area contributed by atoms with E-state index in [1.54, 1.807) is 6.20 Å². The fourth-order valence-electron chi connectivity index (χ4n) is 6.99. The summed E-state index contributed by atoms with van der Waals surface area (Å²) in [5, 5.41) is 7.87. The number of ether oxygens (including phenoxy) is 5. The number of anilines is 2. The number of carbonyl (C=O) groups is 2. The number of carbonyl (C=O) groups excluding carboxylic acids is 2. The Labute approximate surface area is 372 Å². The molecule has 0 saturated heterocycles. The number of amides is 2. The summed E-state index contributed by atoms with van der Waals surface area (Å²) in [7, 11) is -3.99. The molecular formula is C46H47F3N6O9S. The number of nitrogens with one attached hydrogen (secondary N) is 4. The van der Waals surface area contributed by atoms with Crippen LogP contribution < -0.4 is 29.7 Å². The fourth-order valence-corrected chi connectivity index (χ4v) is 8.06. The van der Waals surface area contributed by atoms with E-state index in [1.165, 1.54) is 12.3 Å². The summed E-state index contributed by atoms with van der Waals surface area (Å²) in [4.78, 5) is 34.2. The molecule has 2 amide bonds. The SMILES string of the molecule is O=C(C=COCCOCCOCCNC(=O)CCc1ccc2c(c1)[nH]c1ccncc12)NCc1ccc2c(c1)Oc1ccccc1N2CCCNS(=O)(=O)c1ccc(OC(F)(F)F)cc1. The first-order chi connectivity index (χ1) is 31.4. The number of hydrogen-bond acceptors (Lipinski definition) is 11. The molecule has 2 aromatic heterocycles. The first kappa shape index (κ1) is 46.3. The minimum atomic E-state index is -4.89. The number of H-pyrrole nitrogens is 1. The van der Waals surface area contributed by atoms with E-state index in [2.05, 4.69) is 42.2 Å². The molecule has 342 valence electrons. The van der Waals surface area contributed by atoms with E-state index in [4.69, 9.17) is 18.9 Å². The summed E-state index contributed by atoms with van der Waals surface area (Å²) >= 11 is 0. The van der Waals surface area contributed by atoms with Gasteiger partial charge in [-0.2, -0.15) is 0 Å². The molecule has 19 heteroatoms. The molecule has 4 aromatic carbocycles. The molecule has 65 heavy (non-hydrogen) atoms. The highest BCUT2D eigenvalue weighted by Crippen LogP contribution is 2.46. The molecule has 0 atom stereocenters. The molecule has 15 nitrogen and oxygen atoms in total. The Bertz CT molecular complexity index is 2710. The van der Waals surface area contributed by atoms with Gasteiger partial charge in [-0.05, 0) is 84.6 Å². The Morgan fingerprint density at radius 1 is 0.800 bits per heavy atom. The van der Waals surface area contributed by atoms with Gasteiger partial charge in [-0.25, -0.2) is 13.1 Å². The normalized spacial score (nSPS) is 12.5. The van der Waals surface area contributed by atoms with Gasteiger partial charge in [0, 0.05) is 72.9 Å². The zero-order valence-corrected chi connectivity index (χ0v) is 35.9. The summed E-state index contributed by atoms with van der Waals surface area (Å²) in [6, 6.07) is 25.0. The van der Waals surface area contributed by atoms with E-state index in [-0.39, 0.29) is 36.4 Å². The summed E-state index contributed by atoms with van der Waals surface area (Å²) in [6.07, 6.45) is 2.66. The van der Waals surface area contributed by atoms with E-state index in [1.807, 2.05) is 65.7 Å². The van der Waals surface area contributed by atoms with Gasteiger partial charge < -0.3 is 44.2 Å². The molecule has 0 unspecified atom stereocenters. The third-order valence-corrected chi connectivity index (χ3v) is 11.6. The second-order valence-electron chi connectivity index (χ2n) is 14.7. The summed E-state index contributed by atoms with van der Waals surface area (Å²) < 4.78 is 92.0. The number of pyridine rings is 1. The van der Waals surface area contributed by atoms with E-state index in [0.29, 0.717) is 70.3 Å². The molecular weight excluding hydrogens is 870 g/mol. The van der Waals surface area contributed by atoms with Gasteiger partial charge in [0.05, 0.1) is 49.0 Å². The van der Waals surface area contributed by atoms with Crippen molar-refractivity contribution in [2.45, 2.75) is 37.1 Å². The van der Waals surface area contributed by atoms with Crippen LogP contribution in [-0.4, -0.2) is 89.2 Å². The number of fused-ring (bicyclic) bond motifs is 5. The smallest absolute Gasteiger partial charge is 0.499 e. The lowest BCUT2D eigenvalue weighted by Gasteiger charge is -2.33. The monoisotopic (exact) mass is 916 g/mol. The number of sulfonamides is 1. The number of benzene rings is 4. The van der Waals surface area contributed by atoms with Crippen molar-refractivity contribution in [3.8, 4) is 17.2 Å². The van der Waals surface area contributed by atoms with Crippen molar-refractivity contribution >= 4 is 55.0 Å². The Balaban J connectivity index is 0.743. The molecule has 4 N–H and O–H groups in total. The molecule has 0 fully saturated rings. The quantitative estimate of drug-likeness (QED) is 0.0291. The third-order valence-electron chi connectivity index (χ3n) is 10.1. The lowest BCUT2D eigenvalue weighted by molar-refractivity contribution is -0.274. The van der Waals surface area contributed by atoms with Gasteiger partial charge in [-0.15, -0.1) is 13.2 Å². The molecule has 0 spiro atoms. The Kier molecular flexibility index (Phi) is 15.5. The molecule has 7 rings (SSSR count). The number of aromatic nitrogens is 2. The van der Waals surface area contributed by atoms with Crippen LogP contribution in [-0.2, 0) is 46.8 Å². The van der Waals surface area contributed by atoms with Gasteiger partial charge in [0.15, 0.2) is 11.5 Å². The van der Waals surface area contributed by atoms with Crippen LogP contribution in [0.15, 0.2) is 121 Å². The predicted octanol–water partition coefficient (Wildman–Crippen LogP) is 7.16. The topological polar surface area (TPSA) is 182 Å². The Morgan fingerprint density at radius 2 is 1.57 bits per heavy atom. The predicted molar refractivity (Wildman–Crippen MR) is 236 cm³/mol. The third kappa shape index (κ3) is 13.2. The number of rotatable bonds is 23. The molecule has 3 heterocycles. The van der Waals surface area contributed by atoms with Gasteiger partial charge in [0.1, 0.15) is 12.4 Å². The van der Waals surface area contributed by atoms with Crippen LogP contribution >= 0.6 is 0 Å². The molecule has 0 bridgehead atoms. The standard InChI is InChI=1S/C46H47F3N6O9S/c47-46(48,49)64-34-9-11-35(12-10-34)65(58,59)53-18-3-21-55-40-4-1-2-5-42(40)63-43-29-33(7-14-41(43)55)30-52-45(57)17-22-60-24-26-62-27-25-61-23-20-51-44(56)15-8-32-6-13-36-37-31-50-19-16-38(37)54-39(36)28-32/h1-2,4-7,9-14,16-17,19,22,28-29,31,53-54H,3,8,15,18,20-21,23-27,30H2,(H,51,56)(H,52,57). The maximum absolute atomic E-state index is 12.8. The highest BCUT2D eigenvalue weighted by atomic mass is 32.2. The van der Waals surface area contributed by atoms with E-state index in [0.717, 1.165) is 68.6 Å². The molecule has 1 aliphatic rings. The van der Waals surface area contributed by atoms with Crippen LogP contribution in [0.4, 0.5) is 24.5 Å². The average molecular weight is 917 g/mol. The fraction of sp³-hybridized carbons (Fsp3) is 0.283. The van der Waals surface area contributed by atoms with Gasteiger partial charge in [0.25, 0.3) is 0 Å². The maximum atomic E-state index is 12.8. The number of aromatic amines is 1. The largest absolute Gasteiger partial charge is 0.573 e. The van der Waals surface area contributed by atoms with Crippen LogP contribution in [0.3, 0.4) is 0 Å². The zero-order chi connectivity index (χ0) is 45.7. The van der Waals surface area contributed by atoms with Gasteiger partial charge >= 0.3 is 6.36 Å². The summed E-state index contributed by atoms with van der Waals surface area (Å²) in [6.45, 7) is 2.64. The number of para-hydroxylation sites is 2. The number of hydrogen-bond donors (Lipinski definition) is 4. The number of aryl methyl sites for hydroxylation is 1. The Hall–Kier alpha value is -6.67. The highest BCUT2D eigenvalue weighted by Gasteiger charge is 2.31. The zero-order valence-electron chi connectivity index (χ0n) is 35.1. The second kappa shape index (κ2) is 21.8. The first-order valence-corrected chi connectivity index (χ1v) is 22.3. The average Bonchev–Trinajstić information content (AvgIpc) is 3.66. The van der Waals surface area contributed by atoms with E-state index in [9.17, 15) is 31.2 Å². The van der Waals surface area contributed by atoms with Crippen LogP contribution in [0, 0.1) is 0 Å². The van der Waals surface area contributed by atoms with Crippen molar-refractivity contribution in [2.75, 3.05) is 57.6 Å². The van der Waals surface area contributed by atoms with Gasteiger partial charge in [-0.3, -0.25) is 14.6 Å². The molecule has 0 aliphatic carbocycles. The number of nitrogens with zero attached hydrogens (tertiary/aromatic N) is 2. The van der Waals surface area contributed by atoms with Crippen molar-refractivity contribution in [1.29, 1.82) is 0 Å². The van der Waals surface area contributed by atoms with Crippen molar-refractivity contribution < 1.29 is 54.9 Å². The van der Waals surface area contributed by atoms with Crippen molar-refractivity contribution in [3.05, 3.63) is 127 Å². The van der Waals surface area contributed by atoms with Crippen LogP contribution in [0.5, 0.6) is 17.2 Å². The molecule has 1 aliphatic heterocycles.